The molecule has 74 valence electrons. The fourth-order valence-electron chi connectivity index (χ4n) is 0.659. The summed E-state index contributed by atoms with van der Waals surface area (Å²) in [6, 6.07) is 1.09. The van der Waals surface area contributed by atoms with Gasteiger partial charge in [-0.15, -0.1) is 11.3 Å². The Morgan fingerprint density at radius 1 is 1.54 bits per heavy atom. The van der Waals surface area contributed by atoms with Crippen molar-refractivity contribution in [2.45, 2.75) is 12.3 Å². The van der Waals surface area contributed by atoms with Gasteiger partial charge in [0.05, 0.1) is 8.81 Å². The number of aliphatic hydroxyl groups is 1. The highest BCUT2D eigenvalue weighted by Gasteiger charge is 2.40. The molecule has 7 heteroatoms. The van der Waals surface area contributed by atoms with Crippen molar-refractivity contribution < 1.29 is 18.3 Å². The van der Waals surface area contributed by atoms with E-state index in [2.05, 4.69) is 15.9 Å². The summed E-state index contributed by atoms with van der Waals surface area (Å²) in [5.41, 5.74) is 0. The highest BCUT2D eigenvalue weighted by molar-refractivity contribution is 9.11. The number of alkyl halides is 3. The van der Waals surface area contributed by atoms with Crippen molar-refractivity contribution in [3.05, 3.63) is 19.8 Å². The Balaban J connectivity index is 2.96. The molecular formula is C6H3BrClF3OS. The van der Waals surface area contributed by atoms with E-state index in [-0.39, 0.29) is 9.90 Å². The lowest BCUT2D eigenvalue weighted by atomic mass is 10.3. The monoisotopic (exact) mass is 294 g/mol. The average Bonchev–Trinajstić information content (AvgIpc) is 2.29. The van der Waals surface area contributed by atoms with E-state index < -0.39 is 12.3 Å². The summed E-state index contributed by atoms with van der Waals surface area (Å²) < 4.78 is 36.3. The zero-order valence-corrected chi connectivity index (χ0v) is 9.06. The van der Waals surface area contributed by atoms with Crippen LogP contribution in [-0.4, -0.2) is 11.3 Å². The molecule has 0 aliphatic carbocycles. The van der Waals surface area contributed by atoms with E-state index in [0.29, 0.717) is 3.79 Å². The molecule has 0 radical (unpaired) electrons. The molecule has 1 atom stereocenters. The highest BCUT2D eigenvalue weighted by atomic mass is 79.9. The first-order valence-corrected chi connectivity index (χ1v) is 5.00. The lowest BCUT2D eigenvalue weighted by Gasteiger charge is -2.11. The molecule has 0 bridgehead atoms. The number of aliphatic hydroxyl groups excluding tert-OH is 1. The number of rotatable bonds is 1. The molecule has 13 heavy (non-hydrogen) atoms. The van der Waals surface area contributed by atoms with Gasteiger partial charge < -0.3 is 5.11 Å². The second-order valence-corrected chi connectivity index (χ2v) is 5.02. The van der Waals surface area contributed by atoms with Gasteiger partial charge in [0.15, 0.2) is 6.10 Å². The lowest BCUT2D eigenvalue weighted by molar-refractivity contribution is -0.205. The molecule has 0 aliphatic rings. The summed E-state index contributed by atoms with van der Waals surface area (Å²) in [6.45, 7) is 0. The normalized spacial score (nSPS) is 14.6. The fourth-order valence-corrected chi connectivity index (χ4v) is 2.42. The quantitative estimate of drug-likeness (QED) is 0.836. The van der Waals surface area contributed by atoms with Crippen LogP contribution in [0.25, 0.3) is 0 Å². The van der Waals surface area contributed by atoms with Crippen LogP contribution in [0.15, 0.2) is 9.85 Å². The third-order valence-electron chi connectivity index (χ3n) is 1.24. The summed E-state index contributed by atoms with van der Waals surface area (Å²) in [4.78, 5) is -0.218. The standard InChI is InChI=1S/C6H3BrClF3OS/c7-5-2(8)1-3(13-5)4(12)6(9,10)11/h1,4,12H. The maximum absolute atomic E-state index is 12.0. The van der Waals surface area contributed by atoms with E-state index in [0.717, 1.165) is 17.4 Å². The van der Waals surface area contributed by atoms with Crippen LogP contribution in [0.1, 0.15) is 11.0 Å². The summed E-state index contributed by atoms with van der Waals surface area (Å²) >= 11 is 9.23. The van der Waals surface area contributed by atoms with Crippen molar-refractivity contribution in [1.29, 1.82) is 0 Å². The van der Waals surface area contributed by atoms with Gasteiger partial charge >= 0.3 is 6.18 Å². The average molecular weight is 296 g/mol. The number of halogens is 5. The van der Waals surface area contributed by atoms with Crippen LogP contribution in [0, 0.1) is 0 Å². The lowest BCUT2D eigenvalue weighted by Crippen LogP contribution is -2.18. The molecule has 0 amide bonds. The Morgan fingerprint density at radius 2 is 2.08 bits per heavy atom. The van der Waals surface area contributed by atoms with Crippen LogP contribution in [0.4, 0.5) is 13.2 Å². The van der Waals surface area contributed by atoms with Gasteiger partial charge in [0, 0.05) is 4.88 Å². The number of hydrogen-bond donors (Lipinski definition) is 1. The van der Waals surface area contributed by atoms with Crippen LogP contribution in [0.2, 0.25) is 5.02 Å². The Labute approximate surface area is 89.3 Å². The summed E-state index contributed by atoms with van der Waals surface area (Å²) in [5.74, 6) is 0. The topological polar surface area (TPSA) is 20.2 Å². The third kappa shape index (κ3) is 2.59. The van der Waals surface area contributed by atoms with Crippen molar-refractivity contribution >= 4 is 38.9 Å². The molecule has 0 aliphatic heterocycles. The molecule has 1 nitrogen and oxygen atoms in total. The van der Waals surface area contributed by atoms with Crippen molar-refractivity contribution in [1.82, 2.24) is 0 Å². The minimum atomic E-state index is -4.65. The minimum Gasteiger partial charge on any atom is -0.379 e. The molecule has 1 aromatic rings. The summed E-state index contributed by atoms with van der Waals surface area (Å²) in [7, 11) is 0. The smallest absolute Gasteiger partial charge is 0.379 e. The number of thiophene rings is 1. The Kier molecular flexibility index (Phi) is 3.27. The van der Waals surface area contributed by atoms with Gasteiger partial charge in [-0.05, 0) is 22.0 Å². The first-order chi connectivity index (χ1) is 5.82. The van der Waals surface area contributed by atoms with Crippen molar-refractivity contribution in [3.63, 3.8) is 0 Å². The molecule has 0 saturated carbocycles. The highest BCUT2D eigenvalue weighted by Crippen LogP contribution is 2.40. The van der Waals surface area contributed by atoms with Crippen LogP contribution in [-0.2, 0) is 0 Å². The summed E-state index contributed by atoms with van der Waals surface area (Å²) in [5, 5.41) is 8.97. The fraction of sp³-hybridized carbons (Fsp3) is 0.333. The van der Waals surface area contributed by atoms with E-state index in [4.69, 9.17) is 16.7 Å². The third-order valence-corrected chi connectivity index (χ3v) is 3.77. The Morgan fingerprint density at radius 3 is 2.38 bits per heavy atom. The van der Waals surface area contributed by atoms with Crippen molar-refractivity contribution in [3.8, 4) is 0 Å². The SMILES string of the molecule is OC(c1cc(Cl)c(Br)s1)C(F)(F)F. The van der Waals surface area contributed by atoms with Gasteiger partial charge in [-0.1, -0.05) is 11.6 Å². The first-order valence-electron chi connectivity index (χ1n) is 3.02. The van der Waals surface area contributed by atoms with Gasteiger partial charge in [0.2, 0.25) is 0 Å². The molecule has 0 aromatic carbocycles. The van der Waals surface area contributed by atoms with Crippen LogP contribution >= 0.6 is 38.9 Å². The van der Waals surface area contributed by atoms with E-state index in [9.17, 15) is 13.2 Å². The van der Waals surface area contributed by atoms with Gasteiger partial charge in [0.1, 0.15) is 0 Å². The summed E-state index contributed by atoms with van der Waals surface area (Å²) in [6.07, 6.45) is -7.10. The maximum Gasteiger partial charge on any atom is 0.419 e. The maximum atomic E-state index is 12.0. The number of hydrogen-bond acceptors (Lipinski definition) is 2. The Bertz CT molecular complexity index is 292. The van der Waals surface area contributed by atoms with Gasteiger partial charge in [0.25, 0.3) is 0 Å². The first kappa shape index (κ1) is 11.3. The van der Waals surface area contributed by atoms with E-state index in [1.54, 1.807) is 0 Å². The van der Waals surface area contributed by atoms with Crippen molar-refractivity contribution in [2.24, 2.45) is 0 Å². The van der Waals surface area contributed by atoms with Gasteiger partial charge in [-0.25, -0.2) is 0 Å². The second kappa shape index (κ2) is 3.76. The molecule has 0 saturated heterocycles. The minimum absolute atomic E-state index is 0.170. The molecule has 1 N–H and O–H groups in total. The second-order valence-electron chi connectivity index (χ2n) is 2.21. The zero-order valence-electron chi connectivity index (χ0n) is 5.90. The van der Waals surface area contributed by atoms with Crippen LogP contribution in [0.3, 0.4) is 0 Å². The van der Waals surface area contributed by atoms with Crippen LogP contribution in [0.5, 0.6) is 0 Å². The molecule has 1 aromatic heterocycles. The molecule has 0 fully saturated rings. The van der Waals surface area contributed by atoms with Crippen LogP contribution < -0.4 is 0 Å². The molecule has 1 unspecified atom stereocenters. The molecule has 1 heterocycles. The molecule has 1 rings (SSSR count). The predicted molar refractivity (Wildman–Crippen MR) is 48.0 cm³/mol. The largest absolute Gasteiger partial charge is 0.419 e. The molecular weight excluding hydrogens is 292 g/mol. The van der Waals surface area contributed by atoms with Gasteiger partial charge in [-0.2, -0.15) is 13.2 Å². The van der Waals surface area contributed by atoms with Crippen molar-refractivity contribution in [2.75, 3.05) is 0 Å². The van der Waals surface area contributed by atoms with E-state index in [1.165, 1.54) is 0 Å². The zero-order chi connectivity index (χ0) is 10.2. The van der Waals surface area contributed by atoms with E-state index in [1.807, 2.05) is 0 Å². The predicted octanol–water partition coefficient (Wildman–Crippen LogP) is 3.76. The Hall–Kier alpha value is 0.220. The molecule has 0 spiro atoms. The van der Waals surface area contributed by atoms with E-state index >= 15 is 0 Å². The van der Waals surface area contributed by atoms with Gasteiger partial charge in [-0.3, -0.25) is 0 Å².